The van der Waals surface area contributed by atoms with E-state index in [1.165, 1.54) is 72.3 Å². The van der Waals surface area contributed by atoms with Crippen molar-refractivity contribution in [1.82, 2.24) is 0 Å². The van der Waals surface area contributed by atoms with Gasteiger partial charge in [0, 0.05) is 40.2 Å². The molecule has 0 bridgehead atoms. The Labute approximate surface area is 410 Å². The maximum absolute atomic E-state index is 6.79. The average Bonchev–Trinajstić information content (AvgIpc) is 3.92. The van der Waals surface area contributed by atoms with Gasteiger partial charge in [-0.05, 0) is 122 Å². The molecular formula is C68H49NO. The quantitative estimate of drug-likeness (QED) is 0.143. The second-order valence-electron chi connectivity index (χ2n) is 18.9. The molecule has 0 N–H and O–H groups in total. The van der Waals surface area contributed by atoms with Gasteiger partial charge in [-0.25, -0.2) is 0 Å². The molecule has 0 aromatic heterocycles. The van der Waals surface area contributed by atoms with Crippen molar-refractivity contribution in [2.24, 2.45) is 0 Å². The fraction of sp³-hybridized carbons (Fsp3) is 0.0588. The lowest BCUT2D eigenvalue weighted by Gasteiger charge is -2.34. The SMILES string of the molecule is CC12CC=CC=C1c1cccc(-c3ccc(N(c4ccc(-c5ccccc5)cc4)c4ccc(-c5ccc6c(c5)C(c5ccccc5)(c5ccccc5)c5cccc(-c7ccccc7)c5-6)cc4)cc3)c1O2. The zero-order chi connectivity index (χ0) is 46.7. The standard InChI is InChI=1S/C68H49NO/c1-67-45-15-14-29-62(67)61-28-16-27-59(66(61)70-67)51-35-42-57(43-36-51)69(55-38-31-48(32-39-55)47-18-6-2-7-19-47)56-40-33-49(34-41-56)52-37-44-60-64(46-52)68(53-22-10-4-11-23-53,54-24-12-5-13-25-54)63-30-17-26-58(65(60)63)50-20-8-3-9-21-50/h2-44,46H,45H2,1H3. The highest BCUT2D eigenvalue weighted by atomic mass is 16.5. The van der Waals surface area contributed by atoms with Gasteiger partial charge in [-0.2, -0.15) is 0 Å². The second kappa shape index (κ2) is 16.8. The molecule has 0 saturated heterocycles. The van der Waals surface area contributed by atoms with Gasteiger partial charge in [-0.15, -0.1) is 0 Å². The minimum atomic E-state index is -0.528. The van der Waals surface area contributed by atoms with Gasteiger partial charge in [0.2, 0.25) is 0 Å². The van der Waals surface area contributed by atoms with E-state index >= 15 is 0 Å². The van der Waals surface area contributed by atoms with Gasteiger partial charge < -0.3 is 9.64 Å². The van der Waals surface area contributed by atoms with E-state index < -0.39 is 5.41 Å². The third kappa shape index (κ3) is 6.71. The van der Waals surface area contributed by atoms with Crippen molar-refractivity contribution < 1.29 is 4.74 Å². The Balaban J connectivity index is 0.917. The number of rotatable bonds is 9. The summed E-state index contributed by atoms with van der Waals surface area (Å²) in [5, 5.41) is 0. The smallest absolute Gasteiger partial charge is 0.136 e. The van der Waals surface area contributed by atoms with Gasteiger partial charge in [0.25, 0.3) is 0 Å². The third-order valence-corrected chi connectivity index (χ3v) is 14.9. The maximum atomic E-state index is 6.79. The first-order valence-electron chi connectivity index (χ1n) is 24.4. The van der Waals surface area contributed by atoms with Crippen molar-refractivity contribution in [3.8, 4) is 61.4 Å². The molecule has 1 atom stereocenters. The van der Waals surface area contributed by atoms with Crippen LogP contribution in [-0.2, 0) is 5.41 Å². The number of benzene rings is 10. The molecule has 1 aliphatic heterocycles. The molecule has 0 saturated carbocycles. The first-order chi connectivity index (χ1) is 34.6. The van der Waals surface area contributed by atoms with Crippen molar-refractivity contribution in [2.75, 3.05) is 4.90 Å². The van der Waals surface area contributed by atoms with E-state index in [1.807, 2.05) is 0 Å². The van der Waals surface area contributed by atoms with Crippen LogP contribution in [0.15, 0.2) is 267 Å². The predicted octanol–water partition coefficient (Wildman–Crippen LogP) is 17.7. The van der Waals surface area contributed by atoms with E-state index in [2.05, 4.69) is 279 Å². The fourth-order valence-electron chi connectivity index (χ4n) is 11.6. The molecule has 70 heavy (non-hydrogen) atoms. The minimum absolute atomic E-state index is 0.342. The average molecular weight is 896 g/mol. The Bertz CT molecular complexity index is 3570. The summed E-state index contributed by atoms with van der Waals surface area (Å²) in [6.45, 7) is 2.20. The third-order valence-electron chi connectivity index (χ3n) is 14.9. The van der Waals surface area contributed by atoms with Gasteiger partial charge in [0.15, 0.2) is 0 Å². The summed E-state index contributed by atoms with van der Waals surface area (Å²) in [5.74, 6) is 0.966. The van der Waals surface area contributed by atoms with Crippen LogP contribution in [0.4, 0.5) is 17.1 Å². The molecule has 0 amide bonds. The Morgan fingerprint density at radius 3 is 1.47 bits per heavy atom. The molecule has 2 heteroatoms. The molecule has 1 unspecified atom stereocenters. The van der Waals surface area contributed by atoms with E-state index in [0.29, 0.717) is 0 Å². The number of fused-ring (bicyclic) bond motifs is 6. The fourth-order valence-corrected chi connectivity index (χ4v) is 11.6. The van der Waals surface area contributed by atoms with Crippen LogP contribution in [0, 0.1) is 0 Å². The summed E-state index contributed by atoms with van der Waals surface area (Å²) in [7, 11) is 0. The molecule has 2 aliphatic carbocycles. The van der Waals surface area contributed by atoms with Gasteiger partial charge >= 0.3 is 0 Å². The lowest BCUT2D eigenvalue weighted by atomic mass is 9.67. The van der Waals surface area contributed by atoms with Crippen molar-refractivity contribution in [1.29, 1.82) is 0 Å². The van der Waals surface area contributed by atoms with Crippen LogP contribution < -0.4 is 9.64 Å². The van der Waals surface area contributed by atoms with Crippen LogP contribution in [0.3, 0.4) is 0 Å². The van der Waals surface area contributed by atoms with Gasteiger partial charge in [0.05, 0.1) is 5.41 Å². The van der Waals surface area contributed by atoms with Gasteiger partial charge in [0.1, 0.15) is 11.4 Å². The highest BCUT2D eigenvalue weighted by molar-refractivity contribution is 5.97. The number of nitrogens with zero attached hydrogens (tertiary/aromatic N) is 1. The molecule has 3 aliphatic rings. The molecule has 332 valence electrons. The van der Waals surface area contributed by atoms with Crippen LogP contribution in [0.2, 0.25) is 0 Å². The molecule has 2 nitrogen and oxygen atoms in total. The summed E-state index contributed by atoms with van der Waals surface area (Å²) >= 11 is 0. The van der Waals surface area contributed by atoms with E-state index in [4.69, 9.17) is 4.74 Å². The number of allylic oxidation sites excluding steroid dienone is 2. The largest absolute Gasteiger partial charge is 0.481 e. The zero-order valence-corrected chi connectivity index (χ0v) is 39.0. The molecule has 0 spiro atoms. The number of hydrogen-bond donors (Lipinski definition) is 0. The van der Waals surface area contributed by atoms with Crippen LogP contribution in [0.1, 0.15) is 41.2 Å². The van der Waals surface area contributed by atoms with Crippen molar-refractivity contribution >= 4 is 22.6 Å². The lowest BCUT2D eigenvalue weighted by Crippen LogP contribution is -2.29. The van der Waals surface area contributed by atoms with Crippen molar-refractivity contribution in [3.05, 3.63) is 295 Å². The number of anilines is 3. The summed E-state index contributed by atoms with van der Waals surface area (Å²) in [4.78, 5) is 2.36. The Morgan fingerprint density at radius 2 is 0.857 bits per heavy atom. The monoisotopic (exact) mass is 895 g/mol. The number of para-hydroxylation sites is 1. The first kappa shape index (κ1) is 41.5. The molecule has 0 radical (unpaired) electrons. The number of ether oxygens (including phenoxy) is 1. The van der Waals surface area contributed by atoms with Crippen LogP contribution in [0.5, 0.6) is 5.75 Å². The summed E-state index contributed by atoms with van der Waals surface area (Å²) < 4.78 is 6.79. The predicted molar refractivity (Wildman–Crippen MR) is 291 cm³/mol. The van der Waals surface area contributed by atoms with Gasteiger partial charge in [-0.3, -0.25) is 0 Å². The highest BCUT2D eigenvalue weighted by Crippen LogP contribution is 2.59. The Morgan fingerprint density at radius 1 is 0.386 bits per heavy atom. The summed E-state index contributed by atoms with van der Waals surface area (Å²) in [5.41, 5.74) is 21.9. The Kier molecular flexibility index (Phi) is 9.95. The second-order valence-corrected chi connectivity index (χ2v) is 18.9. The zero-order valence-electron chi connectivity index (χ0n) is 39.0. The molecular weight excluding hydrogens is 847 g/mol. The molecule has 10 aromatic rings. The highest BCUT2D eigenvalue weighted by Gasteiger charge is 2.47. The van der Waals surface area contributed by atoms with E-state index in [9.17, 15) is 0 Å². The van der Waals surface area contributed by atoms with E-state index in [0.717, 1.165) is 45.9 Å². The summed E-state index contributed by atoms with van der Waals surface area (Å²) in [6, 6.07) is 91.2. The molecule has 0 fully saturated rings. The van der Waals surface area contributed by atoms with Crippen molar-refractivity contribution in [3.63, 3.8) is 0 Å². The van der Waals surface area contributed by atoms with Crippen molar-refractivity contribution in [2.45, 2.75) is 24.4 Å². The van der Waals surface area contributed by atoms with Crippen LogP contribution in [0.25, 0.3) is 61.2 Å². The maximum Gasteiger partial charge on any atom is 0.136 e. The topological polar surface area (TPSA) is 12.5 Å². The lowest BCUT2D eigenvalue weighted by molar-refractivity contribution is 0.171. The summed E-state index contributed by atoms with van der Waals surface area (Å²) in [6.07, 6.45) is 7.43. The van der Waals surface area contributed by atoms with Crippen LogP contribution in [-0.4, -0.2) is 5.60 Å². The molecule has 13 rings (SSSR count). The van der Waals surface area contributed by atoms with E-state index in [1.54, 1.807) is 0 Å². The normalized spacial score (nSPS) is 15.8. The first-order valence-corrected chi connectivity index (χ1v) is 24.4. The van der Waals surface area contributed by atoms with E-state index in [-0.39, 0.29) is 5.60 Å². The van der Waals surface area contributed by atoms with Gasteiger partial charge in [-0.1, -0.05) is 224 Å². The number of hydrogen-bond acceptors (Lipinski definition) is 2. The Hall–Kier alpha value is -8.72. The van der Waals surface area contributed by atoms with Crippen LogP contribution >= 0.6 is 0 Å². The molecule has 1 heterocycles. The molecule has 10 aromatic carbocycles. The minimum Gasteiger partial charge on any atom is -0.481 e.